The first kappa shape index (κ1) is 15.7. The first-order chi connectivity index (χ1) is 8.04. The highest BCUT2D eigenvalue weighted by Gasteiger charge is 2.37. The predicted molar refractivity (Wildman–Crippen MR) is 80.5 cm³/mol. The Balaban J connectivity index is 2.85. The lowest BCUT2D eigenvalue weighted by Crippen LogP contribution is -2.40. The molecule has 0 radical (unpaired) electrons. The molecule has 1 rings (SSSR count). The molecule has 0 saturated carbocycles. The van der Waals surface area contributed by atoms with Crippen molar-refractivity contribution in [2.24, 2.45) is 0 Å². The molecule has 0 aliphatic carbocycles. The molecule has 0 atom stereocenters. The van der Waals surface area contributed by atoms with Gasteiger partial charge in [-0.15, -0.1) is 0 Å². The van der Waals surface area contributed by atoms with Crippen molar-refractivity contribution in [3.05, 3.63) is 28.0 Å². The van der Waals surface area contributed by atoms with Gasteiger partial charge in [0.25, 0.3) is 0 Å². The molecule has 0 aliphatic heterocycles. The van der Waals surface area contributed by atoms with E-state index in [1.54, 1.807) is 6.07 Å². The summed E-state index contributed by atoms with van der Waals surface area (Å²) in [4.78, 5) is 0. The van der Waals surface area contributed by atoms with E-state index in [1.165, 1.54) is 6.07 Å². The maximum atomic E-state index is 13.5. The average Bonchev–Trinajstić information content (AvgIpc) is 2.20. The summed E-state index contributed by atoms with van der Waals surface area (Å²) in [6, 6.07) is 3.02. The summed E-state index contributed by atoms with van der Waals surface area (Å²) in [7, 11) is -1.83. The Morgan fingerprint density at radius 2 is 1.89 bits per heavy atom. The molecule has 0 fully saturated rings. The molecular weight excluding hydrogens is 313 g/mol. The summed E-state index contributed by atoms with van der Waals surface area (Å²) in [5.74, 6) is -0.307. The zero-order chi connectivity index (χ0) is 14.1. The minimum absolute atomic E-state index is 0.135. The summed E-state index contributed by atoms with van der Waals surface area (Å²) in [6.07, 6.45) is 0. The maximum Gasteiger partial charge on any atom is 0.192 e. The molecule has 2 nitrogen and oxygen atoms in total. The lowest BCUT2D eigenvalue weighted by Gasteiger charge is -2.36. The van der Waals surface area contributed by atoms with Crippen molar-refractivity contribution in [3.63, 3.8) is 0 Å². The highest BCUT2D eigenvalue weighted by Crippen LogP contribution is 2.37. The van der Waals surface area contributed by atoms with E-state index < -0.39 is 8.32 Å². The van der Waals surface area contributed by atoms with Crippen LogP contribution in [0.1, 0.15) is 26.3 Å². The summed E-state index contributed by atoms with van der Waals surface area (Å²) >= 11 is 3.12. The number of hydrogen-bond acceptors (Lipinski definition) is 2. The molecule has 18 heavy (non-hydrogen) atoms. The Morgan fingerprint density at radius 3 is 2.39 bits per heavy atom. The molecule has 0 aliphatic rings. The highest BCUT2D eigenvalue weighted by atomic mass is 79.9. The van der Waals surface area contributed by atoms with Crippen LogP contribution in [-0.2, 0) is 11.0 Å². The Hall–Kier alpha value is -0.393. The van der Waals surface area contributed by atoms with Crippen molar-refractivity contribution >= 4 is 29.9 Å². The Morgan fingerprint density at radius 1 is 1.33 bits per heavy atom. The number of rotatable bonds is 3. The van der Waals surface area contributed by atoms with Crippen LogP contribution in [0.25, 0.3) is 0 Å². The third kappa shape index (κ3) is 3.55. The lowest BCUT2D eigenvalue weighted by atomic mass is 10.2. The van der Waals surface area contributed by atoms with Gasteiger partial charge in [-0.05, 0) is 46.2 Å². The average molecular weight is 334 g/mol. The molecule has 5 heteroatoms. The van der Waals surface area contributed by atoms with Crippen molar-refractivity contribution < 1.29 is 8.82 Å². The Bertz CT molecular complexity index is 443. The Kier molecular flexibility index (Phi) is 4.62. The summed E-state index contributed by atoms with van der Waals surface area (Å²) in [5.41, 5.74) is 7.13. The van der Waals surface area contributed by atoms with Crippen LogP contribution in [0.3, 0.4) is 0 Å². The number of anilines is 1. The maximum absolute atomic E-state index is 13.5. The van der Waals surface area contributed by atoms with Gasteiger partial charge in [-0.2, -0.15) is 0 Å². The van der Waals surface area contributed by atoms with E-state index in [0.717, 1.165) is 0 Å². The quantitative estimate of drug-likeness (QED) is 0.643. The second-order valence-corrected chi connectivity index (χ2v) is 11.7. The number of hydrogen-bond donors (Lipinski definition) is 1. The van der Waals surface area contributed by atoms with Crippen LogP contribution >= 0.6 is 15.9 Å². The summed E-state index contributed by atoms with van der Waals surface area (Å²) in [5, 5.41) is 0.135. The van der Waals surface area contributed by atoms with Gasteiger partial charge in [0.15, 0.2) is 8.32 Å². The summed E-state index contributed by atoms with van der Waals surface area (Å²) in [6.45, 7) is 11.2. The van der Waals surface area contributed by atoms with Crippen molar-refractivity contribution in [1.29, 1.82) is 0 Å². The molecule has 0 spiro atoms. The van der Waals surface area contributed by atoms with Gasteiger partial charge in [-0.3, -0.25) is 0 Å². The first-order valence-electron chi connectivity index (χ1n) is 5.92. The standard InChI is InChI=1S/C13H21BrFNOSi/c1-13(2,3)18(4,5)17-8-9-6-11(15)10(14)7-12(9)16/h6-7H,8,16H2,1-5H3. The topological polar surface area (TPSA) is 35.2 Å². The Labute approximate surface area is 118 Å². The third-order valence-corrected chi connectivity index (χ3v) is 8.66. The van der Waals surface area contributed by atoms with Gasteiger partial charge >= 0.3 is 0 Å². The van der Waals surface area contributed by atoms with Gasteiger partial charge in [0.2, 0.25) is 0 Å². The van der Waals surface area contributed by atoms with E-state index in [1.807, 2.05) is 0 Å². The number of nitrogen functional groups attached to an aromatic ring is 1. The molecule has 2 N–H and O–H groups in total. The van der Waals surface area contributed by atoms with E-state index in [9.17, 15) is 4.39 Å². The van der Waals surface area contributed by atoms with E-state index in [4.69, 9.17) is 10.2 Å². The molecule has 0 saturated heterocycles. The predicted octanol–water partition coefficient (Wildman–Crippen LogP) is 4.69. The van der Waals surface area contributed by atoms with Crippen LogP contribution in [0.15, 0.2) is 16.6 Å². The molecule has 0 heterocycles. The van der Waals surface area contributed by atoms with Crippen molar-refractivity contribution in [2.75, 3.05) is 5.73 Å². The van der Waals surface area contributed by atoms with Gasteiger partial charge in [0.1, 0.15) is 5.82 Å². The van der Waals surface area contributed by atoms with Crippen molar-refractivity contribution in [3.8, 4) is 0 Å². The largest absolute Gasteiger partial charge is 0.412 e. The second kappa shape index (κ2) is 5.31. The number of benzene rings is 1. The van der Waals surface area contributed by atoms with Crippen molar-refractivity contribution in [2.45, 2.75) is 45.5 Å². The third-order valence-electron chi connectivity index (χ3n) is 3.58. The molecule has 1 aromatic carbocycles. The molecule has 1 aromatic rings. The zero-order valence-corrected chi connectivity index (χ0v) is 14.2. The first-order valence-corrected chi connectivity index (χ1v) is 9.62. The van der Waals surface area contributed by atoms with Gasteiger partial charge in [-0.1, -0.05) is 20.8 Å². The molecule has 102 valence electrons. The van der Waals surface area contributed by atoms with Crippen molar-refractivity contribution in [1.82, 2.24) is 0 Å². The molecule has 0 aromatic heterocycles. The van der Waals surface area contributed by atoms with Gasteiger partial charge < -0.3 is 10.2 Å². The normalized spacial score (nSPS) is 12.8. The SMILES string of the molecule is CC(C)(C)[Si](C)(C)OCc1cc(F)c(Br)cc1N. The van der Waals surface area contributed by atoms with E-state index in [-0.39, 0.29) is 10.9 Å². The molecule has 0 amide bonds. The fraction of sp³-hybridized carbons (Fsp3) is 0.538. The monoisotopic (exact) mass is 333 g/mol. The number of halogens is 2. The van der Waals surface area contributed by atoms with Crippen LogP contribution in [0.5, 0.6) is 0 Å². The fourth-order valence-electron chi connectivity index (χ4n) is 1.20. The highest BCUT2D eigenvalue weighted by molar-refractivity contribution is 9.10. The molecular formula is C13H21BrFNOSi. The van der Waals surface area contributed by atoms with E-state index in [2.05, 4.69) is 49.8 Å². The molecule has 0 unspecified atom stereocenters. The van der Waals surface area contributed by atoms with Gasteiger partial charge in [0, 0.05) is 11.3 Å². The number of nitrogens with two attached hydrogens (primary N) is 1. The van der Waals surface area contributed by atoms with Crippen LogP contribution in [0, 0.1) is 5.82 Å². The van der Waals surface area contributed by atoms with E-state index >= 15 is 0 Å². The van der Waals surface area contributed by atoms with Crippen LogP contribution in [0.4, 0.5) is 10.1 Å². The van der Waals surface area contributed by atoms with Crippen LogP contribution < -0.4 is 5.73 Å². The van der Waals surface area contributed by atoms with Gasteiger partial charge in [0.05, 0.1) is 11.1 Å². The second-order valence-electron chi connectivity index (χ2n) is 6.01. The minimum atomic E-state index is -1.83. The minimum Gasteiger partial charge on any atom is -0.412 e. The zero-order valence-electron chi connectivity index (χ0n) is 11.6. The molecule has 0 bridgehead atoms. The van der Waals surface area contributed by atoms with E-state index in [0.29, 0.717) is 22.3 Å². The van der Waals surface area contributed by atoms with Crippen LogP contribution in [-0.4, -0.2) is 8.32 Å². The summed E-state index contributed by atoms with van der Waals surface area (Å²) < 4.78 is 19.9. The van der Waals surface area contributed by atoms with Gasteiger partial charge in [-0.25, -0.2) is 4.39 Å². The fourth-order valence-corrected chi connectivity index (χ4v) is 2.51. The smallest absolute Gasteiger partial charge is 0.192 e. The lowest BCUT2D eigenvalue weighted by molar-refractivity contribution is 0.276. The van der Waals surface area contributed by atoms with Crippen LogP contribution in [0.2, 0.25) is 18.1 Å².